The van der Waals surface area contributed by atoms with Crippen LogP contribution < -0.4 is 19.9 Å². The maximum Gasteiger partial charge on any atom is 0.203 e. The molecule has 0 radical (unpaired) electrons. The molecule has 0 fully saturated rings. The van der Waals surface area contributed by atoms with Gasteiger partial charge in [0.25, 0.3) is 0 Å². The van der Waals surface area contributed by atoms with E-state index in [1.54, 1.807) is 21.3 Å². The van der Waals surface area contributed by atoms with Crippen molar-refractivity contribution in [2.45, 2.75) is 25.5 Å². The van der Waals surface area contributed by atoms with Crippen LogP contribution in [-0.4, -0.2) is 26.4 Å². The van der Waals surface area contributed by atoms with Gasteiger partial charge in [-0.3, -0.25) is 0 Å². The minimum atomic E-state index is -0.143. The van der Waals surface area contributed by atoms with E-state index in [2.05, 4.69) is 0 Å². The first-order valence-corrected chi connectivity index (χ1v) is 8.86. The molecule has 6 nitrogen and oxygen atoms in total. The topological polar surface area (TPSA) is 87.1 Å². The maximum absolute atomic E-state index is 9.40. The van der Waals surface area contributed by atoms with Gasteiger partial charge in [0, 0.05) is 17.0 Å². The lowest BCUT2D eigenvalue weighted by Crippen LogP contribution is -2.10. The van der Waals surface area contributed by atoms with Gasteiger partial charge in [-0.2, -0.15) is 0 Å². The van der Waals surface area contributed by atoms with Crippen LogP contribution in [0.3, 0.4) is 0 Å². The number of hydrogen-bond donors (Lipinski definition) is 2. The van der Waals surface area contributed by atoms with E-state index in [4.69, 9.17) is 24.4 Å². The molecule has 0 aliphatic heterocycles. The van der Waals surface area contributed by atoms with Crippen molar-refractivity contribution < 1.29 is 23.7 Å². The van der Waals surface area contributed by atoms with Crippen molar-refractivity contribution >= 4 is 11.0 Å². The summed E-state index contributed by atoms with van der Waals surface area (Å²) in [6.07, 6.45) is 1.59. The van der Waals surface area contributed by atoms with E-state index < -0.39 is 0 Å². The molecular formula is C21H23NO5. The third-order valence-corrected chi connectivity index (χ3v) is 5.20. The van der Waals surface area contributed by atoms with Gasteiger partial charge in [0.15, 0.2) is 11.5 Å². The molecule has 142 valence electrons. The first kappa shape index (κ1) is 17.7. The van der Waals surface area contributed by atoms with Gasteiger partial charge >= 0.3 is 0 Å². The fourth-order valence-electron chi connectivity index (χ4n) is 3.92. The minimum absolute atomic E-state index is 0.138. The molecule has 3 N–H and O–H groups in total. The smallest absolute Gasteiger partial charge is 0.203 e. The quantitative estimate of drug-likeness (QED) is 0.731. The van der Waals surface area contributed by atoms with Crippen LogP contribution >= 0.6 is 0 Å². The van der Waals surface area contributed by atoms with Crippen molar-refractivity contribution in [3.05, 3.63) is 41.2 Å². The minimum Gasteiger partial charge on any atom is -0.493 e. The molecule has 3 aromatic rings. The van der Waals surface area contributed by atoms with Gasteiger partial charge < -0.3 is 29.5 Å². The molecule has 27 heavy (non-hydrogen) atoms. The Balaban J connectivity index is 2.07. The summed E-state index contributed by atoms with van der Waals surface area (Å²) >= 11 is 0. The number of ether oxygens (including phenoxy) is 3. The second-order valence-corrected chi connectivity index (χ2v) is 6.67. The molecular weight excluding hydrogens is 346 g/mol. The molecule has 6 heteroatoms. The van der Waals surface area contributed by atoms with Crippen LogP contribution in [0, 0.1) is 0 Å². The number of methoxy groups -OCH3 is 3. The molecule has 1 atom stereocenters. The largest absolute Gasteiger partial charge is 0.493 e. The van der Waals surface area contributed by atoms with Crippen molar-refractivity contribution in [1.29, 1.82) is 0 Å². The van der Waals surface area contributed by atoms with Crippen molar-refractivity contribution in [1.82, 2.24) is 0 Å². The predicted molar refractivity (Wildman–Crippen MR) is 102 cm³/mol. The lowest BCUT2D eigenvalue weighted by molar-refractivity contribution is 0.251. The zero-order valence-corrected chi connectivity index (χ0v) is 15.7. The third-order valence-electron chi connectivity index (χ3n) is 5.20. The lowest BCUT2D eigenvalue weighted by atomic mass is 9.93. The van der Waals surface area contributed by atoms with Crippen molar-refractivity contribution in [2.24, 2.45) is 5.73 Å². The molecule has 1 aliphatic carbocycles. The Hall–Kier alpha value is -2.70. The standard InChI is InChI=1S/C21H23NO5/c1-24-18-8-11-4-5-16(22)14-9-17-12(6-13(10-23)27-17)7-15(14)19(11)21(26-3)20(18)25-2/h6-9,16,23H,4-5,10,22H2,1-3H3/t16-/m0/s1. The average Bonchev–Trinajstić information content (AvgIpc) is 3.05. The number of furan rings is 1. The van der Waals surface area contributed by atoms with Crippen LogP contribution in [0.5, 0.6) is 17.2 Å². The van der Waals surface area contributed by atoms with Crippen LogP contribution in [0.2, 0.25) is 0 Å². The molecule has 0 saturated heterocycles. The molecule has 1 aromatic heterocycles. The summed E-state index contributed by atoms with van der Waals surface area (Å²) in [4.78, 5) is 0. The highest BCUT2D eigenvalue weighted by molar-refractivity contribution is 5.91. The van der Waals surface area contributed by atoms with Crippen LogP contribution in [0.4, 0.5) is 0 Å². The molecule has 0 saturated carbocycles. The fraction of sp³-hybridized carbons (Fsp3) is 0.333. The summed E-state index contributed by atoms with van der Waals surface area (Å²) in [6, 6.07) is 7.72. The van der Waals surface area contributed by atoms with Gasteiger partial charge in [-0.1, -0.05) is 0 Å². The van der Waals surface area contributed by atoms with Crippen molar-refractivity contribution in [3.8, 4) is 28.4 Å². The summed E-state index contributed by atoms with van der Waals surface area (Å²) in [5.74, 6) is 2.35. The van der Waals surface area contributed by atoms with E-state index in [1.165, 1.54) is 0 Å². The number of nitrogens with two attached hydrogens (primary N) is 1. The summed E-state index contributed by atoms with van der Waals surface area (Å²) in [5.41, 5.74) is 11.3. The van der Waals surface area contributed by atoms with Crippen molar-refractivity contribution in [2.75, 3.05) is 21.3 Å². The first-order valence-electron chi connectivity index (χ1n) is 8.86. The predicted octanol–water partition coefficient (Wildman–Crippen LogP) is 3.56. The Morgan fingerprint density at radius 2 is 1.85 bits per heavy atom. The average molecular weight is 369 g/mol. The van der Waals surface area contributed by atoms with Crippen LogP contribution in [-0.2, 0) is 13.0 Å². The van der Waals surface area contributed by atoms with Crippen LogP contribution in [0.15, 0.2) is 28.7 Å². The highest BCUT2D eigenvalue weighted by Gasteiger charge is 2.28. The number of aryl methyl sites for hydroxylation is 1. The Morgan fingerprint density at radius 3 is 2.52 bits per heavy atom. The van der Waals surface area contributed by atoms with Gasteiger partial charge in [0.2, 0.25) is 5.75 Å². The number of benzene rings is 2. The molecule has 0 bridgehead atoms. The monoisotopic (exact) mass is 369 g/mol. The van der Waals surface area contributed by atoms with Gasteiger partial charge in [0.1, 0.15) is 18.0 Å². The number of fused-ring (bicyclic) bond motifs is 4. The van der Waals surface area contributed by atoms with E-state index in [0.29, 0.717) is 23.0 Å². The van der Waals surface area contributed by atoms with E-state index in [9.17, 15) is 5.11 Å². The Labute approximate surface area is 157 Å². The second kappa shape index (κ2) is 6.79. The molecule has 0 unspecified atom stereocenters. The number of aliphatic hydroxyl groups excluding tert-OH is 1. The lowest BCUT2D eigenvalue weighted by Gasteiger charge is -2.20. The van der Waals surface area contributed by atoms with Gasteiger partial charge in [-0.15, -0.1) is 0 Å². The second-order valence-electron chi connectivity index (χ2n) is 6.67. The van der Waals surface area contributed by atoms with E-state index >= 15 is 0 Å². The zero-order valence-electron chi connectivity index (χ0n) is 15.7. The maximum atomic E-state index is 9.40. The molecule has 0 amide bonds. The molecule has 4 rings (SSSR count). The highest BCUT2D eigenvalue weighted by Crippen LogP contribution is 2.50. The molecule has 1 heterocycles. The Kier molecular flexibility index (Phi) is 4.45. The van der Waals surface area contributed by atoms with Gasteiger partial charge in [0.05, 0.1) is 21.3 Å². The first-order chi connectivity index (χ1) is 13.1. The highest BCUT2D eigenvalue weighted by atomic mass is 16.5. The third kappa shape index (κ3) is 2.72. The number of rotatable bonds is 4. The van der Waals surface area contributed by atoms with E-state index in [0.717, 1.165) is 46.1 Å². The number of aliphatic hydroxyl groups is 1. The van der Waals surface area contributed by atoms with Crippen molar-refractivity contribution in [3.63, 3.8) is 0 Å². The van der Waals surface area contributed by atoms with Crippen LogP contribution in [0.1, 0.15) is 29.3 Å². The van der Waals surface area contributed by atoms with Gasteiger partial charge in [-0.25, -0.2) is 0 Å². The molecule has 2 aromatic carbocycles. The fourth-order valence-corrected chi connectivity index (χ4v) is 3.92. The van der Waals surface area contributed by atoms with E-state index in [-0.39, 0.29) is 12.6 Å². The summed E-state index contributed by atoms with van der Waals surface area (Å²) in [7, 11) is 4.84. The van der Waals surface area contributed by atoms with E-state index in [1.807, 2.05) is 24.3 Å². The summed E-state index contributed by atoms with van der Waals surface area (Å²) in [6.45, 7) is -0.143. The summed E-state index contributed by atoms with van der Waals surface area (Å²) in [5, 5.41) is 10.3. The summed E-state index contributed by atoms with van der Waals surface area (Å²) < 4.78 is 22.6. The molecule has 1 aliphatic rings. The Bertz CT molecular complexity index is 1010. The number of hydrogen-bond acceptors (Lipinski definition) is 6. The van der Waals surface area contributed by atoms with Gasteiger partial charge in [-0.05, 0) is 53.8 Å². The normalized spacial score (nSPS) is 15.8. The SMILES string of the molecule is COc1cc2c(c(OC)c1OC)-c1cc3cc(CO)oc3cc1[C@@H](N)CC2. The zero-order chi connectivity index (χ0) is 19.1. The Morgan fingerprint density at radius 1 is 1.07 bits per heavy atom. The van der Waals surface area contributed by atoms with Crippen LogP contribution in [0.25, 0.3) is 22.1 Å². The molecule has 0 spiro atoms.